The van der Waals surface area contributed by atoms with Gasteiger partial charge in [0.1, 0.15) is 12.4 Å². The van der Waals surface area contributed by atoms with E-state index in [9.17, 15) is 22.4 Å². The number of benzene rings is 2. The smallest absolute Gasteiger partial charge is 0.321 e. The van der Waals surface area contributed by atoms with Gasteiger partial charge in [-0.25, -0.2) is 12.8 Å². The summed E-state index contributed by atoms with van der Waals surface area (Å²) in [5.74, 6) is -1.80. The molecule has 0 bridgehead atoms. The summed E-state index contributed by atoms with van der Waals surface area (Å²) in [6.07, 6.45) is 1.95. The second kappa shape index (κ2) is 8.20. The van der Waals surface area contributed by atoms with E-state index in [4.69, 9.17) is 4.74 Å². The minimum atomic E-state index is -3.99. The van der Waals surface area contributed by atoms with Crippen molar-refractivity contribution in [3.63, 3.8) is 0 Å². The van der Waals surface area contributed by atoms with E-state index in [0.29, 0.717) is 5.56 Å². The van der Waals surface area contributed by atoms with Crippen LogP contribution in [-0.4, -0.2) is 32.8 Å². The second-order valence-corrected chi connectivity index (χ2v) is 8.38. The van der Waals surface area contributed by atoms with Gasteiger partial charge in [0.2, 0.25) is 15.8 Å². The molecule has 6 nitrogen and oxygen atoms in total. The number of Topliss-reactive ketones (excluding diaryl/α,β-unsaturated/α-hetero) is 1. The Hall–Kier alpha value is -2.58. The third-order valence-corrected chi connectivity index (χ3v) is 6.01. The van der Waals surface area contributed by atoms with Crippen LogP contribution in [0.4, 0.5) is 4.39 Å². The van der Waals surface area contributed by atoms with Crippen LogP contribution in [0.25, 0.3) is 0 Å². The lowest BCUT2D eigenvalue weighted by atomic mass is 10.0. The molecule has 148 valence electrons. The minimum absolute atomic E-state index is 0.177. The summed E-state index contributed by atoms with van der Waals surface area (Å²) in [6.45, 7) is 0.809. The molecule has 0 unspecified atom stereocenters. The maximum atomic E-state index is 12.9. The van der Waals surface area contributed by atoms with Gasteiger partial charge in [-0.2, -0.15) is 4.72 Å². The van der Waals surface area contributed by atoms with Crippen LogP contribution in [0, 0.1) is 5.82 Å². The molecule has 0 spiro atoms. The molecule has 0 fully saturated rings. The Morgan fingerprint density at radius 2 is 1.79 bits per heavy atom. The fourth-order valence-electron chi connectivity index (χ4n) is 3.10. The average molecular weight is 405 g/mol. The molecule has 0 heterocycles. The molecule has 0 saturated heterocycles. The molecule has 2 aromatic carbocycles. The van der Waals surface area contributed by atoms with Crippen LogP contribution in [0.5, 0.6) is 0 Å². The summed E-state index contributed by atoms with van der Waals surface area (Å²) in [5, 5.41) is 0. The SMILES string of the molecule is C[C@H](OC(=O)CNS(=O)(=O)c1ccc(F)cc1)C(=O)c1ccc2c(c1)CCC2. The Kier molecular flexibility index (Phi) is 5.90. The van der Waals surface area contributed by atoms with Crippen LogP contribution in [0.15, 0.2) is 47.4 Å². The Morgan fingerprint density at radius 3 is 2.50 bits per heavy atom. The van der Waals surface area contributed by atoms with Gasteiger partial charge in [0.15, 0.2) is 6.10 Å². The monoisotopic (exact) mass is 405 g/mol. The van der Waals surface area contributed by atoms with Gasteiger partial charge >= 0.3 is 5.97 Å². The standard InChI is InChI=1S/C20H20FNO5S/c1-13(20(24)16-6-5-14-3-2-4-15(14)11-16)27-19(23)12-22-28(25,26)18-9-7-17(21)8-10-18/h5-11,13,22H,2-4,12H2,1H3/t13-/m0/s1. The molecule has 1 aliphatic rings. The van der Waals surface area contributed by atoms with Gasteiger partial charge in [-0.05, 0) is 67.6 Å². The number of halogens is 1. The number of aryl methyl sites for hydroxylation is 2. The molecular formula is C20H20FNO5S. The lowest BCUT2D eigenvalue weighted by Crippen LogP contribution is -2.34. The normalized spacial score (nSPS) is 14.4. The van der Waals surface area contributed by atoms with Crippen molar-refractivity contribution in [2.24, 2.45) is 0 Å². The van der Waals surface area contributed by atoms with Crippen LogP contribution in [0.1, 0.15) is 34.8 Å². The first kappa shape index (κ1) is 20.2. The number of nitrogens with one attached hydrogen (secondary N) is 1. The van der Waals surface area contributed by atoms with Crippen LogP contribution >= 0.6 is 0 Å². The Balaban J connectivity index is 1.56. The van der Waals surface area contributed by atoms with Crippen molar-refractivity contribution in [2.45, 2.75) is 37.2 Å². The zero-order valence-corrected chi connectivity index (χ0v) is 16.1. The van der Waals surface area contributed by atoms with Crippen molar-refractivity contribution in [2.75, 3.05) is 6.54 Å². The van der Waals surface area contributed by atoms with E-state index in [2.05, 4.69) is 4.72 Å². The van der Waals surface area contributed by atoms with E-state index < -0.39 is 34.5 Å². The molecule has 0 radical (unpaired) electrons. The lowest BCUT2D eigenvalue weighted by Gasteiger charge is -2.13. The van der Waals surface area contributed by atoms with Crippen molar-refractivity contribution in [1.29, 1.82) is 0 Å². The molecular weight excluding hydrogens is 385 g/mol. The van der Waals surface area contributed by atoms with Crippen LogP contribution < -0.4 is 4.72 Å². The third-order valence-electron chi connectivity index (χ3n) is 4.59. The molecule has 1 N–H and O–H groups in total. The summed E-state index contributed by atoms with van der Waals surface area (Å²) < 4.78 is 44.2. The second-order valence-electron chi connectivity index (χ2n) is 6.61. The van der Waals surface area contributed by atoms with Crippen molar-refractivity contribution in [3.05, 3.63) is 65.0 Å². The summed E-state index contributed by atoms with van der Waals surface area (Å²) in [5.41, 5.74) is 2.83. The maximum Gasteiger partial charge on any atom is 0.321 e. The van der Waals surface area contributed by atoms with Gasteiger partial charge in [-0.15, -0.1) is 0 Å². The van der Waals surface area contributed by atoms with Crippen molar-refractivity contribution in [1.82, 2.24) is 4.72 Å². The quantitative estimate of drug-likeness (QED) is 0.564. The number of hydrogen-bond donors (Lipinski definition) is 1. The van der Waals surface area contributed by atoms with E-state index in [1.54, 1.807) is 6.07 Å². The summed E-state index contributed by atoms with van der Waals surface area (Å²) in [7, 11) is -3.99. The molecule has 1 aliphatic carbocycles. The van der Waals surface area contributed by atoms with Gasteiger partial charge in [0, 0.05) is 5.56 Å². The maximum absolute atomic E-state index is 12.9. The number of esters is 1. The van der Waals surface area contributed by atoms with Gasteiger partial charge in [-0.1, -0.05) is 12.1 Å². The number of ketones is 1. The van der Waals surface area contributed by atoms with Crippen LogP contribution in [0.2, 0.25) is 0 Å². The average Bonchev–Trinajstić information content (AvgIpc) is 3.14. The Morgan fingerprint density at radius 1 is 1.11 bits per heavy atom. The van der Waals surface area contributed by atoms with Gasteiger partial charge in [0.05, 0.1) is 4.90 Å². The first-order valence-corrected chi connectivity index (χ1v) is 10.4. The topological polar surface area (TPSA) is 89.5 Å². The highest BCUT2D eigenvalue weighted by molar-refractivity contribution is 7.89. The fraction of sp³-hybridized carbons (Fsp3) is 0.300. The van der Waals surface area contributed by atoms with E-state index in [0.717, 1.165) is 49.1 Å². The lowest BCUT2D eigenvalue weighted by molar-refractivity contribution is -0.144. The summed E-state index contributed by atoms with van der Waals surface area (Å²) in [4.78, 5) is 24.3. The predicted octanol–water partition coefficient (Wildman–Crippen LogP) is 2.41. The van der Waals surface area contributed by atoms with Crippen LogP contribution in [-0.2, 0) is 32.4 Å². The molecule has 0 saturated carbocycles. The minimum Gasteiger partial charge on any atom is -0.453 e. The van der Waals surface area contributed by atoms with Crippen LogP contribution in [0.3, 0.4) is 0 Å². The number of sulfonamides is 1. The predicted molar refractivity (Wildman–Crippen MR) is 99.9 cm³/mol. The van der Waals surface area contributed by atoms with Gasteiger partial charge in [0.25, 0.3) is 0 Å². The van der Waals surface area contributed by atoms with E-state index in [1.807, 2.05) is 12.1 Å². The van der Waals surface area contributed by atoms with Gasteiger partial charge in [-0.3, -0.25) is 9.59 Å². The van der Waals surface area contributed by atoms with Crippen molar-refractivity contribution < 1.29 is 27.1 Å². The highest BCUT2D eigenvalue weighted by Gasteiger charge is 2.23. The zero-order chi connectivity index (χ0) is 20.3. The number of rotatable bonds is 7. The molecule has 8 heteroatoms. The zero-order valence-electron chi connectivity index (χ0n) is 15.3. The Labute approximate surface area is 162 Å². The highest BCUT2D eigenvalue weighted by Crippen LogP contribution is 2.23. The van der Waals surface area contributed by atoms with E-state index in [-0.39, 0.29) is 10.7 Å². The van der Waals surface area contributed by atoms with Crippen molar-refractivity contribution in [3.8, 4) is 0 Å². The first-order chi connectivity index (χ1) is 13.3. The molecule has 0 amide bonds. The third kappa shape index (κ3) is 4.63. The molecule has 2 aromatic rings. The number of carbonyl (C=O) groups excluding carboxylic acids is 2. The molecule has 0 aromatic heterocycles. The largest absolute Gasteiger partial charge is 0.453 e. The number of carbonyl (C=O) groups is 2. The Bertz CT molecular complexity index is 1000. The molecule has 28 heavy (non-hydrogen) atoms. The number of fused-ring (bicyclic) bond motifs is 1. The molecule has 1 atom stereocenters. The van der Waals surface area contributed by atoms with E-state index >= 15 is 0 Å². The number of ether oxygens (including phenoxy) is 1. The number of hydrogen-bond acceptors (Lipinski definition) is 5. The molecule has 0 aliphatic heterocycles. The van der Waals surface area contributed by atoms with E-state index in [1.165, 1.54) is 12.5 Å². The molecule has 3 rings (SSSR count). The summed E-state index contributed by atoms with van der Waals surface area (Å²) >= 11 is 0. The summed E-state index contributed by atoms with van der Waals surface area (Å²) in [6, 6.07) is 9.64. The fourth-order valence-corrected chi connectivity index (χ4v) is 4.07. The highest BCUT2D eigenvalue weighted by atomic mass is 32.2. The van der Waals surface area contributed by atoms with Gasteiger partial charge < -0.3 is 4.74 Å². The van der Waals surface area contributed by atoms with Crippen molar-refractivity contribution >= 4 is 21.8 Å². The first-order valence-electron chi connectivity index (χ1n) is 8.87.